The molecule has 0 saturated carbocycles. The average molecular weight is 543 g/mol. The zero-order chi connectivity index (χ0) is 27.4. The third-order valence-corrected chi connectivity index (χ3v) is 8.86. The first-order chi connectivity index (χ1) is 18.8. The molecule has 1 amide bonds. The molecule has 6 heteroatoms. The summed E-state index contributed by atoms with van der Waals surface area (Å²) >= 11 is 1.66. The van der Waals surface area contributed by atoms with Gasteiger partial charge in [-0.2, -0.15) is 0 Å². The van der Waals surface area contributed by atoms with Crippen molar-refractivity contribution in [2.75, 3.05) is 6.61 Å². The number of amides is 1. The molecule has 1 aliphatic carbocycles. The SMILES string of the molecule is CCCCOc1ccc2ccccc2c1C=Nc1sc2c(c1C(=O)NCc1ccco1)CC[C@@H](C(C)(C)C)C2. The first-order valence-electron chi connectivity index (χ1n) is 14.0. The lowest BCUT2D eigenvalue weighted by Crippen LogP contribution is -2.28. The average Bonchev–Trinajstić information content (AvgIpc) is 3.58. The van der Waals surface area contributed by atoms with Gasteiger partial charge in [-0.05, 0) is 71.6 Å². The second-order valence-corrected chi connectivity index (χ2v) is 12.5. The summed E-state index contributed by atoms with van der Waals surface area (Å²) in [5.74, 6) is 2.04. The van der Waals surface area contributed by atoms with Crippen molar-refractivity contribution in [1.82, 2.24) is 5.32 Å². The Labute approximate surface area is 235 Å². The predicted octanol–water partition coefficient (Wildman–Crippen LogP) is 8.50. The number of fused-ring (bicyclic) bond motifs is 2. The first-order valence-corrected chi connectivity index (χ1v) is 14.8. The van der Waals surface area contributed by atoms with E-state index in [1.165, 1.54) is 4.88 Å². The summed E-state index contributed by atoms with van der Waals surface area (Å²) < 4.78 is 11.6. The third kappa shape index (κ3) is 6.11. The summed E-state index contributed by atoms with van der Waals surface area (Å²) in [6.07, 6.45) is 8.54. The fourth-order valence-electron chi connectivity index (χ4n) is 5.29. The van der Waals surface area contributed by atoms with E-state index in [4.69, 9.17) is 14.1 Å². The smallest absolute Gasteiger partial charge is 0.255 e. The number of nitrogens with zero attached hydrogens (tertiary/aromatic N) is 1. The number of rotatable bonds is 9. The van der Waals surface area contributed by atoms with Crippen molar-refractivity contribution < 1.29 is 13.9 Å². The highest BCUT2D eigenvalue weighted by atomic mass is 32.1. The van der Waals surface area contributed by atoms with Gasteiger partial charge in [-0.25, -0.2) is 4.99 Å². The summed E-state index contributed by atoms with van der Waals surface area (Å²) in [4.78, 5) is 19.9. The predicted molar refractivity (Wildman–Crippen MR) is 161 cm³/mol. The molecule has 0 bridgehead atoms. The van der Waals surface area contributed by atoms with Crippen LogP contribution < -0.4 is 10.1 Å². The van der Waals surface area contributed by atoms with E-state index in [2.05, 4.69) is 51.2 Å². The highest BCUT2D eigenvalue weighted by Crippen LogP contribution is 2.45. The summed E-state index contributed by atoms with van der Waals surface area (Å²) in [5.41, 5.74) is 3.03. The second-order valence-electron chi connectivity index (χ2n) is 11.4. The van der Waals surface area contributed by atoms with Crippen molar-refractivity contribution in [2.24, 2.45) is 16.3 Å². The number of ether oxygens (including phenoxy) is 1. The van der Waals surface area contributed by atoms with Gasteiger partial charge in [-0.15, -0.1) is 11.3 Å². The van der Waals surface area contributed by atoms with E-state index in [0.29, 0.717) is 24.6 Å². The van der Waals surface area contributed by atoms with Crippen LogP contribution in [0.25, 0.3) is 10.8 Å². The number of thiophene rings is 1. The lowest BCUT2D eigenvalue weighted by Gasteiger charge is -2.33. The van der Waals surface area contributed by atoms with Gasteiger partial charge in [0.05, 0.1) is 25.0 Å². The van der Waals surface area contributed by atoms with Crippen LogP contribution in [-0.4, -0.2) is 18.7 Å². The van der Waals surface area contributed by atoms with Crippen molar-refractivity contribution in [3.8, 4) is 5.75 Å². The number of unbranched alkanes of at least 4 members (excludes halogenated alkanes) is 1. The molecule has 0 fully saturated rings. The Balaban J connectivity index is 1.53. The van der Waals surface area contributed by atoms with Crippen molar-refractivity contribution >= 4 is 39.2 Å². The molecule has 2 aromatic heterocycles. The highest BCUT2D eigenvalue weighted by Gasteiger charge is 2.33. The maximum absolute atomic E-state index is 13.6. The minimum Gasteiger partial charge on any atom is -0.493 e. The second kappa shape index (κ2) is 11.8. The van der Waals surface area contributed by atoms with Crippen LogP contribution in [0.4, 0.5) is 5.00 Å². The first kappa shape index (κ1) is 27.2. The van der Waals surface area contributed by atoms with Crippen LogP contribution in [0.15, 0.2) is 64.2 Å². The Bertz CT molecular complexity index is 1460. The lowest BCUT2D eigenvalue weighted by atomic mass is 9.72. The molecule has 204 valence electrons. The normalized spacial score (nSPS) is 15.5. The van der Waals surface area contributed by atoms with E-state index in [-0.39, 0.29) is 11.3 Å². The standard InChI is InChI=1S/C33H38N2O3S/c1-5-6-17-38-28-16-13-22-10-7-8-12-25(22)27(28)21-35-32-30(31(36)34-20-24-11-9-18-37-24)26-15-14-23(33(2,3)4)19-29(26)39-32/h7-13,16,18,21,23H,5-6,14-15,17,19-20H2,1-4H3,(H,34,36)/t23-/m1/s1. The topological polar surface area (TPSA) is 63.8 Å². The Hall–Kier alpha value is -3.38. The number of aliphatic imine (C=N–C) groups is 1. The molecule has 0 radical (unpaired) electrons. The molecule has 1 atom stereocenters. The van der Waals surface area contributed by atoms with E-state index in [1.807, 2.05) is 36.5 Å². The number of benzene rings is 2. The number of nitrogens with one attached hydrogen (secondary N) is 1. The van der Waals surface area contributed by atoms with Crippen LogP contribution >= 0.6 is 11.3 Å². The molecule has 0 spiro atoms. The van der Waals surface area contributed by atoms with Gasteiger partial charge in [0.2, 0.25) is 0 Å². The molecule has 0 aliphatic heterocycles. The minimum absolute atomic E-state index is 0.0948. The van der Waals surface area contributed by atoms with Crippen LogP contribution in [0.1, 0.15) is 79.1 Å². The zero-order valence-electron chi connectivity index (χ0n) is 23.4. The molecule has 2 heterocycles. The third-order valence-electron chi connectivity index (χ3n) is 7.70. The summed E-state index contributed by atoms with van der Waals surface area (Å²) in [6, 6.07) is 16.1. The number of carbonyl (C=O) groups is 1. The molecule has 5 nitrogen and oxygen atoms in total. The molecule has 0 unspecified atom stereocenters. The molecule has 5 rings (SSSR count). The van der Waals surface area contributed by atoms with E-state index in [0.717, 1.165) is 70.5 Å². The zero-order valence-corrected chi connectivity index (χ0v) is 24.2. The minimum atomic E-state index is -0.0948. The van der Waals surface area contributed by atoms with Crippen molar-refractivity contribution in [2.45, 2.75) is 66.3 Å². The Kier molecular flexibility index (Phi) is 8.22. The van der Waals surface area contributed by atoms with E-state index in [9.17, 15) is 4.79 Å². The van der Waals surface area contributed by atoms with Gasteiger partial charge in [-0.3, -0.25) is 4.79 Å². The molecule has 1 N–H and O–H groups in total. The molecule has 0 saturated heterocycles. The van der Waals surface area contributed by atoms with Crippen LogP contribution in [0, 0.1) is 11.3 Å². The Morgan fingerprint density at radius 3 is 2.79 bits per heavy atom. The van der Waals surface area contributed by atoms with Gasteiger partial charge >= 0.3 is 0 Å². The lowest BCUT2D eigenvalue weighted by molar-refractivity contribution is 0.0947. The van der Waals surface area contributed by atoms with Gasteiger partial charge in [0, 0.05) is 16.7 Å². The van der Waals surface area contributed by atoms with E-state index >= 15 is 0 Å². The summed E-state index contributed by atoms with van der Waals surface area (Å²) in [6.45, 7) is 10.1. The monoisotopic (exact) mass is 542 g/mol. The molecular formula is C33H38N2O3S. The number of carbonyl (C=O) groups excluding carboxylic acids is 1. The van der Waals surface area contributed by atoms with Crippen molar-refractivity contribution in [3.63, 3.8) is 0 Å². The van der Waals surface area contributed by atoms with Gasteiger partial charge in [-0.1, -0.05) is 64.4 Å². The van der Waals surface area contributed by atoms with Gasteiger partial charge in [0.1, 0.15) is 16.5 Å². The van der Waals surface area contributed by atoms with Gasteiger partial charge in [0.15, 0.2) is 0 Å². The molecule has 2 aromatic carbocycles. The van der Waals surface area contributed by atoms with Gasteiger partial charge in [0.25, 0.3) is 5.91 Å². The van der Waals surface area contributed by atoms with Gasteiger partial charge < -0.3 is 14.5 Å². The largest absolute Gasteiger partial charge is 0.493 e. The fourth-order valence-corrected chi connectivity index (χ4v) is 6.56. The molecule has 1 aliphatic rings. The van der Waals surface area contributed by atoms with Crippen molar-refractivity contribution in [3.05, 3.63) is 82.1 Å². The molecular weight excluding hydrogens is 504 g/mol. The summed E-state index contributed by atoms with van der Waals surface area (Å²) in [5, 5.41) is 6.06. The fraction of sp³-hybridized carbons (Fsp3) is 0.394. The molecule has 4 aromatic rings. The van der Waals surface area contributed by atoms with Crippen LogP contribution in [0.3, 0.4) is 0 Å². The Morgan fingerprint density at radius 2 is 2.03 bits per heavy atom. The van der Waals surface area contributed by atoms with E-state index in [1.54, 1.807) is 17.6 Å². The van der Waals surface area contributed by atoms with Crippen LogP contribution in [-0.2, 0) is 19.4 Å². The van der Waals surface area contributed by atoms with Crippen LogP contribution in [0.5, 0.6) is 5.75 Å². The number of furan rings is 1. The highest BCUT2D eigenvalue weighted by molar-refractivity contribution is 7.16. The summed E-state index contributed by atoms with van der Waals surface area (Å²) in [7, 11) is 0. The number of hydrogen-bond acceptors (Lipinski definition) is 5. The molecule has 39 heavy (non-hydrogen) atoms. The number of hydrogen-bond donors (Lipinski definition) is 1. The van der Waals surface area contributed by atoms with E-state index < -0.39 is 0 Å². The Morgan fingerprint density at radius 1 is 1.18 bits per heavy atom. The quantitative estimate of drug-likeness (QED) is 0.170. The maximum Gasteiger partial charge on any atom is 0.255 e. The van der Waals surface area contributed by atoms with Crippen LogP contribution in [0.2, 0.25) is 0 Å². The maximum atomic E-state index is 13.6. The van der Waals surface area contributed by atoms with Crippen molar-refractivity contribution in [1.29, 1.82) is 0 Å².